The van der Waals surface area contributed by atoms with E-state index in [9.17, 15) is 4.79 Å². The maximum Gasteiger partial charge on any atom is 0.255 e. The van der Waals surface area contributed by atoms with Crippen LogP contribution in [0.15, 0.2) is 52.1 Å². The van der Waals surface area contributed by atoms with Crippen LogP contribution in [0.3, 0.4) is 0 Å². The molecule has 0 fully saturated rings. The molecular formula is C14H11BrClN3O2. The van der Waals surface area contributed by atoms with E-state index in [-0.39, 0.29) is 11.7 Å². The van der Waals surface area contributed by atoms with Crippen LogP contribution in [0.1, 0.15) is 15.9 Å². The fourth-order valence-electron chi connectivity index (χ4n) is 1.64. The molecule has 0 heterocycles. The van der Waals surface area contributed by atoms with Gasteiger partial charge in [-0.3, -0.25) is 4.79 Å². The second kappa shape index (κ2) is 6.60. The lowest BCUT2D eigenvalue weighted by atomic mass is 10.1. The highest BCUT2D eigenvalue weighted by atomic mass is 79.9. The molecule has 0 aliphatic rings. The molecule has 0 atom stereocenters. The van der Waals surface area contributed by atoms with Crippen molar-refractivity contribution in [1.29, 1.82) is 0 Å². The summed E-state index contributed by atoms with van der Waals surface area (Å²) in [6.45, 7) is 0. The van der Waals surface area contributed by atoms with Gasteiger partial charge in [0.05, 0.1) is 10.7 Å². The Morgan fingerprint density at radius 2 is 1.81 bits per heavy atom. The van der Waals surface area contributed by atoms with Crippen LogP contribution in [0.5, 0.6) is 0 Å². The molecule has 1 amide bonds. The second-order valence-electron chi connectivity index (χ2n) is 4.14. The van der Waals surface area contributed by atoms with Gasteiger partial charge in [0.15, 0.2) is 5.84 Å². The van der Waals surface area contributed by atoms with Gasteiger partial charge in [-0.15, -0.1) is 0 Å². The number of hydrogen-bond donors (Lipinski definition) is 3. The number of amidine groups is 1. The molecular weight excluding hydrogens is 358 g/mol. The zero-order valence-corrected chi connectivity index (χ0v) is 13.0. The van der Waals surface area contributed by atoms with E-state index in [0.29, 0.717) is 21.8 Å². The SMILES string of the molecule is NC(=NO)c1ccc(C(=O)Nc2cc(Br)ccc2Cl)cc1. The second-order valence-corrected chi connectivity index (χ2v) is 5.46. The zero-order chi connectivity index (χ0) is 15.4. The quantitative estimate of drug-likeness (QED) is 0.335. The van der Waals surface area contributed by atoms with Crippen LogP contribution in [-0.4, -0.2) is 17.0 Å². The number of nitrogens with zero attached hydrogens (tertiary/aromatic N) is 1. The summed E-state index contributed by atoms with van der Waals surface area (Å²) in [5, 5.41) is 14.6. The summed E-state index contributed by atoms with van der Waals surface area (Å²) in [5.74, 6) is -0.321. The van der Waals surface area contributed by atoms with Crippen LogP contribution in [0.25, 0.3) is 0 Å². The van der Waals surface area contributed by atoms with Crippen molar-refractivity contribution in [1.82, 2.24) is 0 Å². The average molecular weight is 369 g/mol. The molecule has 108 valence electrons. The van der Waals surface area contributed by atoms with Gasteiger partial charge in [0, 0.05) is 15.6 Å². The minimum atomic E-state index is -0.305. The molecule has 0 spiro atoms. The Hall–Kier alpha value is -2.05. The fourth-order valence-corrected chi connectivity index (χ4v) is 2.16. The Labute approximate surface area is 134 Å². The van der Waals surface area contributed by atoms with Gasteiger partial charge >= 0.3 is 0 Å². The largest absolute Gasteiger partial charge is 0.409 e. The molecule has 0 unspecified atom stereocenters. The number of rotatable bonds is 3. The molecule has 0 saturated carbocycles. The van der Waals surface area contributed by atoms with E-state index >= 15 is 0 Å². The van der Waals surface area contributed by atoms with Gasteiger partial charge in [-0.05, 0) is 30.3 Å². The van der Waals surface area contributed by atoms with Gasteiger partial charge in [-0.2, -0.15) is 0 Å². The molecule has 0 aliphatic carbocycles. The van der Waals surface area contributed by atoms with Crippen molar-refractivity contribution in [3.05, 3.63) is 63.1 Å². The van der Waals surface area contributed by atoms with Gasteiger partial charge in [0.1, 0.15) is 0 Å². The van der Waals surface area contributed by atoms with Crippen molar-refractivity contribution in [3.63, 3.8) is 0 Å². The standard InChI is InChI=1S/C14H11BrClN3O2/c15-10-5-6-11(16)12(7-10)18-14(20)9-3-1-8(2-4-9)13(17)19-21/h1-7,21H,(H2,17,19)(H,18,20). The highest BCUT2D eigenvalue weighted by molar-refractivity contribution is 9.10. The average Bonchev–Trinajstić information content (AvgIpc) is 2.50. The molecule has 0 radical (unpaired) electrons. The highest BCUT2D eigenvalue weighted by Gasteiger charge is 2.09. The minimum absolute atomic E-state index is 0.0167. The van der Waals surface area contributed by atoms with E-state index in [4.69, 9.17) is 22.5 Å². The minimum Gasteiger partial charge on any atom is -0.409 e. The molecule has 0 bridgehead atoms. The van der Waals surface area contributed by atoms with Crippen LogP contribution < -0.4 is 11.1 Å². The van der Waals surface area contributed by atoms with E-state index < -0.39 is 0 Å². The van der Waals surface area contributed by atoms with Crippen molar-refractivity contribution in [2.75, 3.05) is 5.32 Å². The summed E-state index contributed by atoms with van der Waals surface area (Å²) in [5.41, 5.74) is 6.92. The van der Waals surface area contributed by atoms with Crippen molar-refractivity contribution >= 4 is 45.0 Å². The summed E-state index contributed by atoms with van der Waals surface area (Å²) in [7, 11) is 0. The summed E-state index contributed by atoms with van der Waals surface area (Å²) in [4.78, 5) is 12.1. The van der Waals surface area contributed by atoms with Gasteiger partial charge in [0.25, 0.3) is 5.91 Å². The summed E-state index contributed by atoms with van der Waals surface area (Å²) in [6.07, 6.45) is 0. The number of halogens is 2. The third-order valence-electron chi connectivity index (χ3n) is 2.73. The molecule has 2 aromatic carbocycles. The predicted octanol–water partition coefficient (Wildman–Crippen LogP) is 3.45. The Kier molecular flexibility index (Phi) is 4.82. The van der Waals surface area contributed by atoms with Gasteiger partial charge in [-0.1, -0.05) is 44.8 Å². The molecule has 2 aromatic rings. The van der Waals surface area contributed by atoms with Gasteiger partial charge < -0.3 is 16.3 Å². The first-order valence-electron chi connectivity index (χ1n) is 5.85. The van der Waals surface area contributed by atoms with E-state index in [0.717, 1.165) is 4.47 Å². The highest BCUT2D eigenvalue weighted by Crippen LogP contribution is 2.26. The smallest absolute Gasteiger partial charge is 0.255 e. The van der Waals surface area contributed by atoms with Crippen LogP contribution in [0.2, 0.25) is 5.02 Å². The van der Waals surface area contributed by atoms with E-state index in [1.54, 1.807) is 42.5 Å². The number of anilines is 1. The van der Waals surface area contributed by atoms with E-state index in [2.05, 4.69) is 26.4 Å². The van der Waals surface area contributed by atoms with Crippen molar-refractivity contribution in [2.45, 2.75) is 0 Å². The first-order chi connectivity index (χ1) is 10.0. The molecule has 0 aromatic heterocycles. The van der Waals surface area contributed by atoms with Crippen LogP contribution >= 0.6 is 27.5 Å². The maximum absolute atomic E-state index is 12.1. The number of hydrogen-bond acceptors (Lipinski definition) is 3. The Bertz CT molecular complexity index is 702. The number of nitrogens with one attached hydrogen (secondary N) is 1. The molecule has 21 heavy (non-hydrogen) atoms. The summed E-state index contributed by atoms with van der Waals surface area (Å²) in [6, 6.07) is 11.5. The van der Waals surface area contributed by atoms with E-state index in [1.807, 2.05) is 0 Å². The molecule has 0 saturated heterocycles. The lowest BCUT2D eigenvalue weighted by Crippen LogP contribution is -2.15. The third-order valence-corrected chi connectivity index (χ3v) is 3.55. The predicted molar refractivity (Wildman–Crippen MR) is 86.1 cm³/mol. The molecule has 5 nitrogen and oxygen atoms in total. The number of benzene rings is 2. The number of amides is 1. The van der Waals surface area contributed by atoms with E-state index in [1.165, 1.54) is 0 Å². The first-order valence-corrected chi connectivity index (χ1v) is 7.02. The molecule has 7 heteroatoms. The zero-order valence-electron chi connectivity index (χ0n) is 10.7. The van der Waals surface area contributed by atoms with Gasteiger partial charge in [-0.25, -0.2) is 0 Å². The Morgan fingerprint density at radius 1 is 1.19 bits per heavy atom. The van der Waals surface area contributed by atoms with Crippen molar-refractivity contribution in [3.8, 4) is 0 Å². The lowest BCUT2D eigenvalue weighted by molar-refractivity contribution is 0.102. The molecule has 0 aliphatic heterocycles. The molecule has 4 N–H and O–H groups in total. The summed E-state index contributed by atoms with van der Waals surface area (Å²) >= 11 is 9.33. The normalized spacial score (nSPS) is 11.2. The topological polar surface area (TPSA) is 87.7 Å². The maximum atomic E-state index is 12.1. The monoisotopic (exact) mass is 367 g/mol. The number of carbonyl (C=O) groups excluding carboxylic acids is 1. The van der Waals surface area contributed by atoms with Crippen LogP contribution in [-0.2, 0) is 0 Å². The van der Waals surface area contributed by atoms with Crippen LogP contribution in [0.4, 0.5) is 5.69 Å². The van der Waals surface area contributed by atoms with Crippen molar-refractivity contribution in [2.24, 2.45) is 10.9 Å². The number of carbonyl (C=O) groups is 1. The first kappa shape index (κ1) is 15.3. The summed E-state index contributed by atoms with van der Waals surface area (Å²) < 4.78 is 0.810. The number of oxime groups is 1. The van der Waals surface area contributed by atoms with Gasteiger partial charge in [0.2, 0.25) is 0 Å². The number of nitrogens with two attached hydrogens (primary N) is 1. The molecule has 2 rings (SSSR count). The third kappa shape index (κ3) is 3.74. The fraction of sp³-hybridized carbons (Fsp3) is 0. The lowest BCUT2D eigenvalue weighted by Gasteiger charge is -2.08. The Morgan fingerprint density at radius 3 is 2.43 bits per heavy atom. The van der Waals surface area contributed by atoms with Crippen LogP contribution in [0, 0.1) is 0 Å². The Balaban J connectivity index is 2.19. The van der Waals surface area contributed by atoms with Crippen molar-refractivity contribution < 1.29 is 10.0 Å².